The fourth-order valence-electron chi connectivity index (χ4n) is 9.54. The third kappa shape index (κ3) is 14.2. The lowest BCUT2D eigenvalue weighted by atomic mass is 9.83. The first-order valence-electron chi connectivity index (χ1n) is 23.0. The molecule has 354 valence electrons. The van der Waals surface area contributed by atoms with Crippen molar-refractivity contribution >= 4 is 29.4 Å². The highest BCUT2D eigenvalue weighted by Gasteiger charge is 2.43. The van der Waals surface area contributed by atoms with Crippen molar-refractivity contribution in [3.05, 3.63) is 65.7 Å². The van der Waals surface area contributed by atoms with Gasteiger partial charge in [0.25, 0.3) is 0 Å². The molecule has 2 aromatic rings. The number of ketones is 1. The summed E-state index contributed by atoms with van der Waals surface area (Å²) >= 11 is 0. The molecule has 0 saturated carbocycles. The Kier molecular flexibility index (Phi) is 21.5. The van der Waals surface area contributed by atoms with Crippen molar-refractivity contribution in [3.63, 3.8) is 0 Å². The summed E-state index contributed by atoms with van der Waals surface area (Å²) in [6, 6.07) is 15.5. The van der Waals surface area contributed by atoms with Crippen molar-refractivity contribution in [2.75, 3.05) is 47.2 Å². The quantitative estimate of drug-likeness (QED) is 0.0908. The summed E-state index contributed by atoms with van der Waals surface area (Å²) in [4.78, 5) is 61.0. The second-order valence-electron chi connectivity index (χ2n) is 18.6. The highest BCUT2D eigenvalue weighted by atomic mass is 16.6. The van der Waals surface area contributed by atoms with Crippen LogP contribution in [0.1, 0.15) is 111 Å². The molecule has 63 heavy (non-hydrogen) atoms. The summed E-state index contributed by atoms with van der Waals surface area (Å²) < 4.78 is 17.7. The highest BCUT2D eigenvalue weighted by molar-refractivity contribution is 5.82. The van der Waals surface area contributed by atoms with Crippen molar-refractivity contribution in [2.24, 2.45) is 35.5 Å². The number of carbonyl (C=O) groups is 4. The van der Waals surface area contributed by atoms with Gasteiger partial charge < -0.3 is 44.4 Å². The molecule has 1 fully saturated rings. The number of hydrogen-bond acceptors (Lipinski definition) is 10. The molecule has 13 heteroatoms. The Balaban J connectivity index is 1.75. The van der Waals surface area contributed by atoms with E-state index in [0.29, 0.717) is 13.0 Å². The number of hydrogen-bond donors (Lipinski definition) is 3. The van der Waals surface area contributed by atoms with Gasteiger partial charge in [0.2, 0.25) is 11.8 Å². The minimum atomic E-state index is -1.03. The van der Waals surface area contributed by atoms with Crippen LogP contribution < -0.4 is 5.32 Å². The van der Waals surface area contributed by atoms with E-state index in [1.54, 1.807) is 33.2 Å². The average molecular weight is 881 g/mol. The molecular weight excluding hydrogens is 801 g/mol. The van der Waals surface area contributed by atoms with Crippen molar-refractivity contribution in [2.45, 2.75) is 143 Å². The predicted octanol–water partition coefficient (Wildman–Crippen LogP) is 7.59. The number of likely N-dealkylation sites (N-methyl/N-ethyl adjacent to an activating group) is 2. The van der Waals surface area contributed by atoms with Gasteiger partial charge in [-0.15, -0.1) is 0 Å². The average Bonchev–Trinajstić information content (AvgIpc) is 3.76. The van der Waals surface area contributed by atoms with E-state index in [1.165, 1.54) is 4.90 Å². The molecule has 1 heterocycles. The van der Waals surface area contributed by atoms with Crippen molar-refractivity contribution in [1.29, 1.82) is 0 Å². The van der Waals surface area contributed by atoms with Gasteiger partial charge in [-0.1, -0.05) is 104 Å². The third-order valence-electron chi connectivity index (χ3n) is 13.6. The zero-order chi connectivity index (χ0) is 47.1. The Bertz CT molecular complexity index is 1710. The highest BCUT2D eigenvalue weighted by Crippen LogP contribution is 2.33. The Morgan fingerprint density at radius 3 is 2.00 bits per heavy atom. The lowest BCUT2D eigenvalue weighted by molar-refractivity contribution is -0.149. The summed E-state index contributed by atoms with van der Waals surface area (Å²) in [6.45, 7) is 16.2. The van der Waals surface area contributed by atoms with Gasteiger partial charge in [0, 0.05) is 65.9 Å². The molecule has 0 aliphatic carbocycles. The first-order chi connectivity index (χ1) is 29.8. The second kappa shape index (κ2) is 25.4. The van der Waals surface area contributed by atoms with E-state index in [0.717, 1.165) is 29.7 Å². The van der Waals surface area contributed by atoms with Crippen molar-refractivity contribution in [3.8, 4) is 0 Å². The Morgan fingerprint density at radius 2 is 1.46 bits per heavy atom. The molecule has 3 rings (SSSR count). The molecule has 1 saturated heterocycles. The third-order valence-corrected chi connectivity index (χ3v) is 13.6. The number of amides is 3. The zero-order valence-corrected chi connectivity index (χ0v) is 40.5. The first-order valence-corrected chi connectivity index (χ1v) is 23.0. The number of anilines is 1. The van der Waals surface area contributed by atoms with Crippen LogP contribution in [0.3, 0.4) is 0 Å². The topological polar surface area (TPSA) is 158 Å². The minimum Gasteiger partial charge on any atom is -0.445 e. The normalized spacial score (nSPS) is 19.0. The van der Waals surface area contributed by atoms with Crippen LogP contribution in [0.4, 0.5) is 10.5 Å². The van der Waals surface area contributed by atoms with E-state index in [2.05, 4.69) is 12.2 Å². The monoisotopic (exact) mass is 881 g/mol. The number of nitrogens with one attached hydrogen (secondary N) is 1. The Morgan fingerprint density at radius 1 is 0.825 bits per heavy atom. The van der Waals surface area contributed by atoms with E-state index in [4.69, 9.17) is 14.2 Å². The van der Waals surface area contributed by atoms with Gasteiger partial charge in [-0.3, -0.25) is 14.4 Å². The van der Waals surface area contributed by atoms with E-state index in [1.807, 2.05) is 115 Å². The van der Waals surface area contributed by atoms with Crippen LogP contribution in [0.15, 0.2) is 54.6 Å². The predicted molar refractivity (Wildman–Crippen MR) is 248 cm³/mol. The molecule has 3 N–H and O–H groups in total. The van der Waals surface area contributed by atoms with Gasteiger partial charge >= 0.3 is 6.09 Å². The molecule has 0 spiro atoms. The number of ether oxygens (including phenoxy) is 3. The fraction of sp³-hybridized carbons (Fsp3) is 0.680. The maximum atomic E-state index is 14.7. The largest absolute Gasteiger partial charge is 0.445 e. The van der Waals surface area contributed by atoms with Gasteiger partial charge in [-0.05, 0) is 66.2 Å². The molecule has 0 bridgehead atoms. The van der Waals surface area contributed by atoms with Crippen molar-refractivity contribution < 1.29 is 43.6 Å². The number of methoxy groups -OCH3 is 2. The number of aliphatic hydroxyl groups is 2. The standard InChI is InChI=1S/C50H80N4O9/c1-14-33(6)46(52(10)49(59)39(31(2)3)28-42(56)45(32(4)5)53(11)50(60)63-30-36-22-24-38(51-9)25-23-36)43(61-12)29-44(57)54-26-18-21-40(54)48(62-13)35(8)41(55)27-34(7)47(58)37-19-16-15-17-20-37/h15-17,19-20,22-25,31-35,39-40,42-43,45-48,51,56,58H,14,18,21,26-30H2,1-13H3/t33-,34-,35-,39-,40?,42?,43?,45-,46-,47+,48+/m0/s1. The van der Waals surface area contributed by atoms with Crippen LogP contribution in [0.2, 0.25) is 0 Å². The minimum absolute atomic E-state index is 0.0234. The van der Waals surface area contributed by atoms with Gasteiger partial charge in [0.15, 0.2) is 0 Å². The van der Waals surface area contributed by atoms with Gasteiger partial charge in [0.1, 0.15) is 12.4 Å². The SMILES string of the molecule is CC[C@H](C)[C@@H](C(CC(=O)N1CCCC1[C@H](OC)[C@@H](C)C(=O)C[C@H](C)[C@@H](O)c1ccccc1)OC)N(C)C(=O)[C@@H](CC(O)[C@H](C(C)C)N(C)C(=O)OCc1ccc(NC)cc1)C(C)C. The van der Waals surface area contributed by atoms with Crippen LogP contribution in [0, 0.1) is 35.5 Å². The zero-order valence-electron chi connectivity index (χ0n) is 40.5. The second-order valence-corrected chi connectivity index (χ2v) is 18.6. The molecule has 0 aromatic heterocycles. The number of aliphatic hydroxyl groups excluding tert-OH is 2. The molecule has 13 nitrogen and oxygen atoms in total. The number of rotatable bonds is 25. The Hall–Kier alpha value is -4.04. The summed E-state index contributed by atoms with van der Waals surface area (Å²) in [6.07, 6.45) is -1.07. The summed E-state index contributed by atoms with van der Waals surface area (Å²) in [5.41, 5.74) is 2.54. The number of nitrogens with zero attached hydrogens (tertiary/aromatic N) is 3. The van der Waals surface area contributed by atoms with E-state index >= 15 is 0 Å². The molecule has 3 unspecified atom stereocenters. The number of carbonyl (C=O) groups excluding carboxylic acids is 4. The Labute approximate surface area is 378 Å². The summed E-state index contributed by atoms with van der Waals surface area (Å²) in [5.74, 6) is -2.08. The first kappa shape index (κ1) is 53.3. The fourth-order valence-corrected chi connectivity index (χ4v) is 9.54. The molecule has 1 aliphatic heterocycles. The maximum absolute atomic E-state index is 14.7. The molecule has 11 atom stereocenters. The lowest BCUT2D eigenvalue weighted by Crippen LogP contribution is -2.55. The van der Waals surface area contributed by atoms with E-state index in [9.17, 15) is 29.4 Å². The van der Waals surface area contributed by atoms with Crippen LogP contribution in [0.25, 0.3) is 0 Å². The summed E-state index contributed by atoms with van der Waals surface area (Å²) in [7, 11) is 8.36. The van der Waals surface area contributed by atoms with Gasteiger partial charge in [0.05, 0.1) is 49.0 Å². The number of likely N-dealkylation sites (tertiary alicyclic amines) is 1. The smallest absolute Gasteiger partial charge is 0.410 e. The van der Waals surface area contributed by atoms with E-state index < -0.39 is 54.4 Å². The van der Waals surface area contributed by atoms with E-state index in [-0.39, 0.29) is 73.2 Å². The molecule has 2 aromatic carbocycles. The van der Waals surface area contributed by atoms with Crippen LogP contribution in [-0.4, -0.2) is 127 Å². The van der Waals surface area contributed by atoms with Crippen LogP contribution in [0.5, 0.6) is 0 Å². The molecule has 3 amide bonds. The molecule has 0 radical (unpaired) electrons. The number of benzene rings is 2. The van der Waals surface area contributed by atoms with Crippen LogP contribution in [-0.2, 0) is 35.2 Å². The lowest BCUT2D eigenvalue weighted by Gasteiger charge is -2.41. The van der Waals surface area contributed by atoms with Crippen LogP contribution >= 0.6 is 0 Å². The van der Waals surface area contributed by atoms with Gasteiger partial charge in [-0.25, -0.2) is 4.79 Å². The molecular formula is C50H80N4O9. The van der Waals surface area contributed by atoms with Gasteiger partial charge in [-0.2, -0.15) is 0 Å². The maximum Gasteiger partial charge on any atom is 0.410 e. The molecule has 1 aliphatic rings. The van der Waals surface area contributed by atoms with Crippen molar-refractivity contribution in [1.82, 2.24) is 14.7 Å². The number of Topliss-reactive ketones (excluding diaryl/α,β-unsaturated/α-hetero) is 1. The summed E-state index contributed by atoms with van der Waals surface area (Å²) in [5, 5.41) is 25.8.